The number of nitrogens with zero attached hydrogens (tertiary/aromatic N) is 2. The van der Waals surface area contributed by atoms with Crippen molar-refractivity contribution in [1.29, 1.82) is 0 Å². The van der Waals surface area contributed by atoms with E-state index in [-0.39, 0.29) is 6.61 Å². The average molecular weight is 234 g/mol. The standard InChI is InChI=1S/C12H14N2OS/c1-9-11(8-15)16-12(14-9)5-4-10-3-2-6-13-7-10/h2-3,6-7,15H,4-5,8H2,1H3. The molecule has 0 aliphatic heterocycles. The number of aliphatic hydroxyl groups excluding tert-OH is 1. The minimum atomic E-state index is 0.0936. The second-order valence-electron chi connectivity index (χ2n) is 3.64. The lowest BCUT2D eigenvalue weighted by molar-refractivity contribution is 0.284. The van der Waals surface area contributed by atoms with Gasteiger partial charge in [0.2, 0.25) is 0 Å². The van der Waals surface area contributed by atoms with Gasteiger partial charge in [-0.2, -0.15) is 0 Å². The zero-order chi connectivity index (χ0) is 11.4. The molecule has 0 bridgehead atoms. The first-order valence-corrected chi connectivity index (χ1v) is 6.06. The van der Waals surface area contributed by atoms with Crippen molar-refractivity contribution >= 4 is 11.3 Å². The van der Waals surface area contributed by atoms with E-state index in [1.807, 2.05) is 19.2 Å². The SMILES string of the molecule is Cc1nc(CCc2cccnc2)sc1CO. The van der Waals surface area contributed by atoms with Gasteiger partial charge in [0.25, 0.3) is 0 Å². The first-order chi connectivity index (χ1) is 7.79. The van der Waals surface area contributed by atoms with Crippen LogP contribution in [0.3, 0.4) is 0 Å². The molecule has 0 aliphatic rings. The number of pyridine rings is 1. The molecule has 0 saturated carbocycles. The van der Waals surface area contributed by atoms with Crippen LogP contribution >= 0.6 is 11.3 Å². The van der Waals surface area contributed by atoms with Crippen LogP contribution in [0, 0.1) is 6.92 Å². The Morgan fingerprint density at radius 3 is 2.88 bits per heavy atom. The highest BCUT2D eigenvalue weighted by Crippen LogP contribution is 2.19. The van der Waals surface area contributed by atoms with E-state index in [2.05, 4.69) is 16.0 Å². The minimum Gasteiger partial charge on any atom is -0.391 e. The molecule has 0 fully saturated rings. The van der Waals surface area contributed by atoms with E-state index in [1.54, 1.807) is 17.5 Å². The lowest BCUT2D eigenvalue weighted by Gasteiger charge is -1.96. The summed E-state index contributed by atoms with van der Waals surface area (Å²) in [5, 5.41) is 10.2. The lowest BCUT2D eigenvalue weighted by atomic mass is 10.2. The summed E-state index contributed by atoms with van der Waals surface area (Å²) in [5.41, 5.74) is 2.18. The topological polar surface area (TPSA) is 46.0 Å². The molecule has 0 spiro atoms. The molecule has 2 aromatic rings. The van der Waals surface area contributed by atoms with Gasteiger partial charge in [-0.25, -0.2) is 4.98 Å². The van der Waals surface area contributed by atoms with Gasteiger partial charge in [-0.3, -0.25) is 4.98 Å². The second-order valence-corrected chi connectivity index (χ2v) is 4.80. The van der Waals surface area contributed by atoms with Crippen molar-refractivity contribution in [2.45, 2.75) is 26.4 Å². The molecule has 4 heteroatoms. The van der Waals surface area contributed by atoms with Gasteiger partial charge in [-0.05, 0) is 25.0 Å². The van der Waals surface area contributed by atoms with Crippen molar-refractivity contribution in [3.05, 3.63) is 45.7 Å². The third-order valence-corrected chi connectivity index (χ3v) is 3.63. The Bertz CT molecular complexity index is 453. The van der Waals surface area contributed by atoms with Crippen LogP contribution in [0.4, 0.5) is 0 Å². The Hall–Kier alpha value is -1.26. The van der Waals surface area contributed by atoms with E-state index in [0.717, 1.165) is 28.4 Å². The Labute approximate surface area is 98.8 Å². The van der Waals surface area contributed by atoms with E-state index < -0.39 is 0 Å². The first kappa shape index (κ1) is 11.2. The van der Waals surface area contributed by atoms with Crippen LogP contribution in [0.1, 0.15) is 21.1 Å². The van der Waals surface area contributed by atoms with E-state index in [1.165, 1.54) is 5.56 Å². The highest BCUT2D eigenvalue weighted by molar-refractivity contribution is 7.11. The summed E-state index contributed by atoms with van der Waals surface area (Å²) in [5.74, 6) is 0. The molecule has 0 amide bonds. The van der Waals surface area contributed by atoms with Crippen molar-refractivity contribution in [2.24, 2.45) is 0 Å². The highest BCUT2D eigenvalue weighted by atomic mass is 32.1. The number of rotatable bonds is 4. The van der Waals surface area contributed by atoms with Gasteiger partial charge in [0.05, 0.1) is 22.2 Å². The van der Waals surface area contributed by atoms with Gasteiger partial charge in [0.15, 0.2) is 0 Å². The van der Waals surface area contributed by atoms with Gasteiger partial charge in [0, 0.05) is 18.8 Å². The lowest BCUT2D eigenvalue weighted by Crippen LogP contribution is -1.91. The van der Waals surface area contributed by atoms with Gasteiger partial charge < -0.3 is 5.11 Å². The van der Waals surface area contributed by atoms with Gasteiger partial charge >= 0.3 is 0 Å². The zero-order valence-electron chi connectivity index (χ0n) is 9.18. The van der Waals surface area contributed by atoms with E-state index in [4.69, 9.17) is 5.11 Å². The second kappa shape index (κ2) is 5.18. The van der Waals surface area contributed by atoms with Crippen LogP contribution < -0.4 is 0 Å². The molecule has 16 heavy (non-hydrogen) atoms. The molecule has 2 aromatic heterocycles. The fraction of sp³-hybridized carbons (Fsp3) is 0.333. The molecule has 84 valence electrons. The number of aryl methyl sites for hydroxylation is 3. The summed E-state index contributed by atoms with van der Waals surface area (Å²) in [6, 6.07) is 4.02. The molecule has 0 radical (unpaired) electrons. The number of aromatic nitrogens is 2. The smallest absolute Gasteiger partial charge is 0.0935 e. The number of thiazole rings is 1. The molecule has 0 aliphatic carbocycles. The third kappa shape index (κ3) is 2.65. The van der Waals surface area contributed by atoms with E-state index in [9.17, 15) is 0 Å². The molecule has 1 N–H and O–H groups in total. The minimum absolute atomic E-state index is 0.0936. The van der Waals surface area contributed by atoms with Crippen LogP contribution in [0.25, 0.3) is 0 Å². The quantitative estimate of drug-likeness (QED) is 0.881. The first-order valence-electron chi connectivity index (χ1n) is 5.24. The van der Waals surface area contributed by atoms with Gasteiger partial charge in [0.1, 0.15) is 0 Å². The molecule has 2 heterocycles. The fourth-order valence-corrected chi connectivity index (χ4v) is 2.47. The number of hydrogen-bond acceptors (Lipinski definition) is 4. The summed E-state index contributed by atoms with van der Waals surface area (Å²) in [6.07, 6.45) is 5.52. The van der Waals surface area contributed by atoms with E-state index in [0.29, 0.717) is 0 Å². The average Bonchev–Trinajstić information content (AvgIpc) is 2.69. The van der Waals surface area contributed by atoms with Crippen LogP contribution in [0.5, 0.6) is 0 Å². The van der Waals surface area contributed by atoms with Crippen molar-refractivity contribution in [1.82, 2.24) is 9.97 Å². The Kier molecular flexibility index (Phi) is 3.64. The molecule has 2 rings (SSSR count). The predicted octanol–water partition coefficient (Wildman–Crippen LogP) is 2.12. The Balaban J connectivity index is 2.00. The van der Waals surface area contributed by atoms with Crippen molar-refractivity contribution in [2.75, 3.05) is 0 Å². The number of hydrogen-bond donors (Lipinski definition) is 1. The zero-order valence-corrected chi connectivity index (χ0v) is 10.00. The van der Waals surface area contributed by atoms with Gasteiger partial charge in [-0.1, -0.05) is 6.07 Å². The third-order valence-electron chi connectivity index (χ3n) is 2.43. The molecule has 0 atom stereocenters. The fourth-order valence-electron chi connectivity index (χ4n) is 1.54. The summed E-state index contributed by atoms with van der Waals surface area (Å²) < 4.78 is 0. The van der Waals surface area contributed by atoms with Crippen molar-refractivity contribution in [3.63, 3.8) is 0 Å². The van der Waals surface area contributed by atoms with Crippen LogP contribution in [-0.2, 0) is 19.4 Å². The Morgan fingerprint density at radius 2 is 2.25 bits per heavy atom. The summed E-state index contributed by atoms with van der Waals surface area (Å²) in [7, 11) is 0. The molecular weight excluding hydrogens is 220 g/mol. The normalized spacial score (nSPS) is 10.6. The van der Waals surface area contributed by atoms with Crippen LogP contribution in [0.2, 0.25) is 0 Å². The van der Waals surface area contributed by atoms with E-state index >= 15 is 0 Å². The molecule has 0 aromatic carbocycles. The van der Waals surface area contributed by atoms with Crippen LogP contribution in [-0.4, -0.2) is 15.1 Å². The van der Waals surface area contributed by atoms with Gasteiger partial charge in [-0.15, -0.1) is 11.3 Å². The van der Waals surface area contributed by atoms with Crippen LogP contribution in [0.15, 0.2) is 24.5 Å². The highest BCUT2D eigenvalue weighted by Gasteiger charge is 2.06. The van der Waals surface area contributed by atoms with Crippen molar-refractivity contribution in [3.8, 4) is 0 Å². The summed E-state index contributed by atoms with van der Waals surface area (Å²) in [6.45, 7) is 2.03. The molecule has 0 unspecified atom stereocenters. The molecule has 3 nitrogen and oxygen atoms in total. The van der Waals surface area contributed by atoms with Crippen molar-refractivity contribution < 1.29 is 5.11 Å². The largest absolute Gasteiger partial charge is 0.391 e. The molecular formula is C12H14N2OS. The summed E-state index contributed by atoms with van der Waals surface area (Å²) >= 11 is 1.60. The number of aliphatic hydroxyl groups is 1. The maximum absolute atomic E-state index is 9.08. The maximum Gasteiger partial charge on any atom is 0.0935 e. The maximum atomic E-state index is 9.08. The monoisotopic (exact) mass is 234 g/mol. The predicted molar refractivity (Wildman–Crippen MR) is 64.4 cm³/mol. The molecule has 0 saturated heterocycles. The summed E-state index contributed by atoms with van der Waals surface area (Å²) in [4.78, 5) is 9.49. The Morgan fingerprint density at radius 1 is 1.38 bits per heavy atom.